The van der Waals surface area contributed by atoms with E-state index in [2.05, 4.69) is 18.7 Å². The molecule has 6 nitrogen and oxygen atoms in total. The Balaban J connectivity index is 1.87. The number of carbonyl (C=O) groups excluding carboxylic acids is 1. The van der Waals surface area contributed by atoms with Gasteiger partial charge in [0.25, 0.3) is 0 Å². The van der Waals surface area contributed by atoms with E-state index in [1.165, 1.54) is 7.11 Å². The van der Waals surface area contributed by atoms with E-state index in [-0.39, 0.29) is 18.0 Å². The lowest BCUT2D eigenvalue weighted by Gasteiger charge is -2.35. The standard InChI is InChI=1S/C18H26N2O4/c1-12(2)20-15-5-4-13(18(22)23-3)10-14(15)11-16(20)17(21)19-6-8-24-9-7-19/h4-5,10,12,16,18,22H,6-9,11H2,1-3H3. The summed E-state index contributed by atoms with van der Waals surface area (Å²) in [5.74, 6) is 0.164. The maximum atomic E-state index is 13.0. The molecule has 1 saturated heterocycles. The third kappa shape index (κ3) is 3.14. The molecule has 2 heterocycles. The van der Waals surface area contributed by atoms with Crippen LogP contribution in [0.1, 0.15) is 31.3 Å². The van der Waals surface area contributed by atoms with E-state index in [4.69, 9.17) is 9.47 Å². The van der Waals surface area contributed by atoms with Crippen molar-refractivity contribution in [3.05, 3.63) is 29.3 Å². The number of anilines is 1. The smallest absolute Gasteiger partial charge is 0.245 e. The van der Waals surface area contributed by atoms with Gasteiger partial charge in [-0.25, -0.2) is 0 Å². The van der Waals surface area contributed by atoms with E-state index < -0.39 is 6.29 Å². The van der Waals surface area contributed by atoms with E-state index in [1.54, 1.807) is 0 Å². The van der Waals surface area contributed by atoms with Crippen molar-refractivity contribution in [2.24, 2.45) is 0 Å². The number of fused-ring (bicyclic) bond motifs is 1. The topological polar surface area (TPSA) is 62.2 Å². The number of rotatable bonds is 4. The predicted octanol–water partition coefficient (Wildman–Crippen LogP) is 1.32. The molecule has 2 aliphatic heterocycles. The van der Waals surface area contributed by atoms with Crippen LogP contribution >= 0.6 is 0 Å². The Kier molecular flexibility index (Phi) is 5.08. The van der Waals surface area contributed by atoms with Gasteiger partial charge < -0.3 is 24.4 Å². The Morgan fingerprint density at radius 3 is 2.67 bits per heavy atom. The Hall–Kier alpha value is -1.63. The van der Waals surface area contributed by atoms with E-state index in [9.17, 15) is 9.90 Å². The van der Waals surface area contributed by atoms with Gasteiger partial charge in [0.2, 0.25) is 5.91 Å². The summed E-state index contributed by atoms with van der Waals surface area (Å²) in [5, 5.41) is 9.89. The number of carbonyl (C=O) groups is 1. The second kappa shape index (κ2) is 7.09. The number of hydrogen-bond donors (Lipinski definition) is 1. The molecule has 0 saturated carbocycles. The van der Waals surface area contributed by atoms with Crippen LogP contribution in [0.2, 0.25) is 0 Å². The molecule has 1 fully saturated rings. The molecule has 2 unspecified atom stereocenters. The first-order valence-electron chi connectivity index (χ1n) is 8.51. The minimum Gasteiger partial charge on any atom is -0.378 e. The van der Waals surface area contributed by atoms with Crippen LogP contribution < -0.4 is 4.90 Å². The van der Waals surface area contributed by atoms with E-state index in [0.29, 0.717) is 32.7 Å². The highest BCUT2D eigenvalue weighted by Gasteiger charge is 2.38. The van der Waals surface area contributed by atoms with Gasteiger partial charge in [0.1, 0.15) is 6.04 Å². The normalized spacial score (nSPS) is 22.0. The summed E-state index contributed by atoms with van der Waals surface area (Å²) in [6, 6.07) is 5.84. The highest BCUT2D eigenvalue weighted by atomic mass is 16.6. The van der Waals surface area contributed by atoms with Gasteiger partial charge in [0, 0.05) is 43.9 Å². The van der Waals surface area contributed by atoms with Crippen LogP contribution in [0, 0.1) is 0 Å². The number of benzene rings is 1. The first-order valence-corrected chi connectivity index (χ1v) is 8.51. The third-order valence-corrected chi connectivity index (χ3v) is 4.80. The van der Waals surface area contributed by atoms with Gasteiger partial charge in [0.15, 0.2) is 6.29 Å². The van der Waals surface area contributed by atoms with Gasteiger partial charge in [-0.2, -0.15) is 0 Å². The molecule has 1 aromatic rings. The van der Waals surface area contributed by atoms with Crippen LogP contribution in [0.15, 0.2) is 18.2 Å². The number of morpholine rings is 1. The van der Waals surface area contributed by atoms with Crippen LogP contribution in [-0.2, 0) is 20.7 Å². The largest absolute Gasteiger partial charge is 0.378 e. The van der Waals surface area contributed by atoms with Crippen LogP contribution in [0.25, 0.3) is 0 Å². The Morgan fingerprint density at radius 2 is 2.04 bits per heavy atom. The van der Waals surface area contributed by atoms with E-state index in [1.807, 2.05) is 23.1 Å². The molecule has 0 bridgehead atoms. The third-order valence-electron chi connectivity index (χ3n) is 4.80. The van der Waals surface area contributed by atoms with Gasteiger partial charge in [-0.3, -0.25) is 4.79 Å². The van der Waals surface area contributed by atoms with Crippen LogP contribution in [0.4, 0.5) is 5.69 Å². The monoisotopic (exact) mass is 334 g/mol. The van der Waals surface area contributed by atoms with Crippen molar-refractivity contribution in [2.75, 3.05) is 38.3 Å². The summed E-state index contributed by atoms with van der Waals surface area (Å²) in [6.45, 7) is 6.74. The van der Waals surface area contributed by atoms with Crippen molar-refractivity contribution >= 4 is 11.6 Å². The number of amides is 1. The lowest BCUT2D eigenvalue weighted by molar-refractivity contribution is -0.136. The summed E-state index contributed by atoms with van der Waals surface area (Å²) < 4.78 is 10.3. The van der Waals surface area contributed by atoms with Crippen molar-refractivity contribution in [1.29, 1.82) is 0 Å². The molecule has 24 heavy (non-hydrogen) atoms. The quantitative estimate of drug-likeness (QED) is 0.842. The average Bonchev–Trinajstić information content (AvgIpc) is 2.99. The molecule has 132 valence electrons. The van der Waals surface area contributed by atoms with Crippen molar-refractivity contribution in [3.8, 4) is 0 Å². The number of aliphatic hydroxyl groups is 1. The van der Waals surface area contributed by atoms with Crippen molar-refractivity contribution in [2.45, 2.75) is 38.6 Å². The predicted molar refractivity (Wildman–Crippen MR) is 90.9 cm³/mol. The minimum absolute atomic E-state index is 0.164. The molecule has 2 aliphatic rings. The van der Waals surface area contributed by atoms with Gasteiger partial charge >= 0.3 is 0 Å². The first kappa shape index (κ1) is 17.2. The van der Waals surface area contributed by atoms with Crippen LogP contribution in [-0.4, -0.2) is 61.4 Å². The number of aliphatic hydroxyl groups excluding tert-OH is 1. The Bertz CT molecular complexity index is 599. The number of hydrogen-bond acceptors (Lipinski definition) is 5. The SMILES string of the molecule is COC(O)c1ccc2c(c1)CC(C(=O)N1CCOCC1)N2C(C)C. The average molecular weight is 334 g/mol. The molecule has 1 N–H and O–H groups in total. The summed E-state index contributed by atoms with van der Waals surface area (Å²) in [7, 11) is 1.48. The fourth-order valence-corrected chi connectivity index (χ4v) is 3.62. The highest BCUT2D eigenvalue weighted by Crippen LogP contribution is 2.36. The Morgan fingerprint density at radius 1 is 1.33 bits per heavy atom. The molecule has 1 amide bonds. The fraction of sp³-hybridized carbons (Fsp3) is 0.611. The molecule has 1 aromatic carbocycles. The van der Waals surface area contributed by atoms with Gasteiger partial charge in [0.05, 0.1) is 13.2 Å². The maximum absolute atomic E-state index is 13.0. The molecule has 0 aromatic heterocycles. The first-order chi connectivity index (χ1) is 11.5. The zero-order chi connectivity index (χ0) is 17.3. The lowest BCUT2D eigenvalue weighted by atomic mass is 10.1. The molecule has 6 heteroatoms. The zero-order valence-corrected chi connectivity index (χ0v) is 14.6. The second-order valence-electron chi connectivity index (χ2n) is 6.63. The molecule has 0 spiro atoms. The summed E-state index contributed by atoms with van der Waals surface area (Å²) in [6.07, 6.45) is -0.273. The summed E-state index contributed by atoms with van der Waals surface area (Å²) >= 11 is 0. The Labute approximate surface area is 143 Å². The molecular weight excluding hydrogens is 308 g/mol. The summed E-state index contributed by atoms with van der Waals surface area (Å²) in [5.41, 5.74) is 2.88. The van der Waals surface area contributed by atoms with E-state index >= 15 is 0 Å². The minimum atomic E-state index is -0.934. The van der Waals surface area contributed by atoms with E-state index in [0.717, 1.165) is 16.8 Å². The number of nitrogens with zero attached hydrogens (tertiary/aromatic N) is 2. The van der Waals surface area contributed by atoms with Gasteiger partial charge in [-0.05, 0) is 31.5 Å². The van der Waals surface area contributed by atoms with Crippen molar-refractivity contribution in [1.82, 2.24) is 4.90 Å². The van der Waals surface area contributed by atoms with Crippen LogP contribution in [0.5, 0.6) is 0 Å². The maximum Gasteiger partial charge on any atom is 0.245 e. The fourth-order valence-electron chi connectivity index (χ4n) is 3.62. The van der Waals surface area contributed by atoms with Crippen molar-refractivity contribution < 1.29 is 19.4 Å². The molecule has 3 rings (SSSR count). The lowest BCUT2D eigenvalue weighted by Crippen LogP contribution is -2.52. The van der Waals surface area contributed by atoms with Gasteiger partial charge in [-0.15, -0.1) is 0 Å². The van der Waals surface area contributed by atoms with Gasteiger partial charge in [-0.1, -0.05) is 6.07 Å². The van der Waals surface area contributed by atoms with Crippen molar-refractivity contribution in [3.63, 3.8) is 0 Å². The number of methoxy groups -OCH3 is 1. The molecule has 0 aliphatic carbocycles. The number of ether oxygens (including phenoxy) is 2. The molecule has 2 atom stereocenters. The molecule has 0 radical (unpaired) electrons. The highest BCUT2D eigenvalue weighted by molar-refractivity contribution is 5.88. The zero-order valence-electron chi connectivity index (χ0n) is 14.6. The summed E-state index contributed by atoms with van der Waals surface area (Å²) in [4.78, 5) is 17.1. The molecular formula is C18H26N2O4. The second-order valence-corrected chi connectivity index (χ2v) is 6.63. The van der Waals surface area contributed by atoms with Crippen LogP contribution in [0.3, 0.4) is 0 Å².